The molecule has 0 spiro atoms. The van der Waals surface area contributed by atoms with E-state index in [0.29, 0.717) is 6.04 Å². The average molecular weight is 142 g/mol. The molecule has 0 aromatic heterocycles. The van der Waals surface area contributed by atoms with Gasteiger partial charge in [0, 0.05) is 6.04 Å². The molecule has 0 aromatic rings. The summed E-state index contributed by atoms with van der Waals surface area (Å²) in [4.78, 5) is 2.48. The average Bonchev–Trinajstić information content (AvgIpc) is 2.14. The molecule has 0 aromatic carbocycles. The molecule has 1 fully saturated rings. The molecule has 10 heavy (non-hydrogen) atoms. The molecule has 1 rings (SSSR count). The highest BCUT2D eigenvalue weighted by Gasteiger charge is 2.11. The monoisotopic (exact) mass is 142 g/mol. The van der Waals surface area contributed by atoms with Crippen LogP contribution in [-0.4, -0.2) is 30.6 Å². The van der Waals surface area contributed by atoms with Crippen LogP contribution in [0.25, 0.3) is 0 Å². The minimum atomic E-state index is 0.469. The van der Waals surface area contributed by atoms with Crippen LogP contribution in [0.3, 0.4) is 0 Å². The van der Waals surface area contributed by atoms with E-state index in [1.54, 1.807) is 0 Å². The van der Waals surface area contributed by atoms with Crippen molar-refractivity contribution >= 4 is 0 Å². The van der Waals surface area contributed by atoms with Gasteiger partial charge in [0.2, 0.25) is 0 Å². The van der Waals surface area contributed by atoms with Crippen molar-refractivity contribution in [2.24, 2.45) is 5.73 Å². The molecule has 2 nitrogen and oxygen atoms in total. The normalized spacial score (nSPS) is 30.0. The lowest BCUT2D eigenvalue weighted by atomic mass is 10.1. The molecular weight excluding hydrogens is 124 g/mol. The number of hydrogen-bond acceptors (Lipinski definition) is 2. The van der Waals surface area contributed by atoms with Gasteiger partial charge in [0.15, 0.2) is 0 Å². The standard InChI is InChI=1S/C8H18N2/c1-2-10-6-3-4-8(9)5-7-10/h8H,2-7,9H2,1H3/t8-/m0/s1. The Labute approximate surface area is 63.4 Å². The number of hydrogen-bond donors (Lipinski definition) is 1. The fourth-order valence-corrected chi connectivity index (χ4v) is 1.50. The second-order valence-electron chi connectivity index (χ2n) is 3.13. The maximum atomic E-state index is 5.82. The van der Waals surface area contributed by atoms with Crippen molar-refractivity contribution in [3.05, 3.63) is 0 Å². The molecule has 1 aliphatic heterocycles. The number of nitrogens with two attached hydrogens (primary N) is 1. The Kier molecular flexibility index (Phi) is 3.16. The van der Waals surface area contributed by atoms with Gasteiger partial charge >= 0.3 is 0 Å². The third-order valence-corrected chi connectivity index (χ3v) is 2.31. The molecule has 2 heteroatoms. The van der Waals surface area contributed by atoms with E-state index in [-0.39, 0.29) is 0 Å². The molecule has 1 atom stereocenters. The molecule has 1 heterocycles. The Morgan fingerprint density at radius 3 is 2.90 bits per heavy atom. The number of likely N-dealkylation sites (tertiary alicyclic amines) is 1. The van der Waals surface area contributed by atoms with E-state index in [1.807, 2.05) is 0 Å². The molecule has 0 aliphatic carbocycles. The summed E-state index contributed by atoms with van der Waals surface area (Å²) >= 11 is 0. The molecule has 0 amide bonds. The van der Waals surface area contributed by atoms with Gasteiger partial charge < -0.3 is 10.6 Å². The van der Waals surface area contributed by atoms with Gasteiger partial charge in [0.05, 0.1) is 0 Å². The van der Waals surface area contributed by atoms with Crippen LogP contribution in [0.15, 0.2) is 0 Å². The predicted molar refractivity (Wildman–Crippen MR) is 43.9 cm³/mol. The van der Waals surface area contributed by atoms with Gasteiger partial charge in [-0.3, -0.25) is 0 Å². The van der Waals surface area contributed by atoms with Gasteiger partial charge in [-0.05, 0) is 38.9 Å². The highest BCUT2D eigenvalue weighted by atomic mass is 15.1. The van der Waals surface area contributed by atoms with Crippen LogP contribution in [-0.2, 0) is 0 Å². The molecule has 60 valence electrons. The van der Waals surface area contributed by atoms with Crippen molar-refractivity contribution < 1.29 is 0 Å². The second-order valence-corrected chi connectivity index (χ2v) is 3.13. The minimum Gasteiger partial charge on any atom is -0.328 e. The molecule has 1 saturated heterocycles. The largest absolute Gasteiger partial charge is 0.328 e. The smallest absolute Gasteiger partial charge is 0.00514 e. The maximum absolute atomic E-state index is 5.82. The Balaban J connectivity index is 2.26. The predicted octanol–water partition coefficient (Wildman–Crippen LogP) is 0.820. The zero-order chi connectivity index (χ0) is 7.40. The van der Waals surface area contributed by atoms with Crippen LogP contribution in [0.4, 0.5) is 0 Å². The third-order valence-electron chi connectivity index (χ3n) is 2.31. The summed E-state index contributed by atoms with van der Waals surface area (Å²) in [6.07, 6.45) is 3.69. The number of rotatable bonds is 1. The Morgan fingerprint density at radius 2 is 2.20 bits per heavy atom. The lowest BCUT2D eigenvalue weighted by Crippen LogP contribution is -2.26. The minimum absolute atomic E-state index is 0.469. The third kappa shape index (κ3) is 2.27. The Morgan fingerprint density at radius 1 is 1.40 bits per heavy atom. The highest BCUT2D eigenvalue weighted by Crippen LogP contribution is 2.07. The zero-order valence-corrected chi connectivity index (χ0v) is 6.84. The van der Waals surface area contributed by atoms with Crippen molar-refractivity contribution in [1.82, 2.24) is 4.90 Å². The van der Waals surface area contributed by atoms with E-state index in [2.05, 4.69) is 11.8 Å². The maximum Gasteiger partial charge on any atom is 0.00514 e. The molecule has 0 radical (unpaired) electrons. The summed E-state index contributed by atoms with van der Waals surface area (Å²) in [7, 11) is 0. The van der Waals surface area contributed by atoms with Crippen LogP contribution in [0, 0.1) is 0 Å². The summed E-state index contributed by atoms with van der Waals surface area (Å²) in [6.45, 7) is 5.87. The fraction of sp³-hybridized carbons (Fsp3) is 1.00. The highest BCUT2D eigenvalue weighted by molar-refractivity contribution is 4.70. The molecule has 0 saturated carbocycles. The van der Waals surface area contributed by atoms with E-state index < -0.39 is 0 Å². The summed E-state index contributed by atoms with van der Waals surface area (Å²) in [5.74, 6) is 0. The van der Waals surface area contributed by atoms with Gasteiger partial charge in [-0.15, -0.1) is 0 Å². The van der Waals surface area contributed by atoms with E-state index in [0.717, 1.165) is 0 Å². The van der Waals surface area contributed by atoms with Crippen LogP contribution in [0.2, 0.25) is 0 Å². The van der Waals surface area contributed by atoms with Crippen molar-refractivity contribution in [2.45, 2.75) is 32.2 Å². The second kappa shape index (κ2) is 3.94. The first-order valence-corrected chi connectivity index (χ1v) is 4.31. The molecule has 2 N–H and O–H groups in total. The lowest BCUT2D eigenvalue weighted by Gasteiger charge is -2.16. The van der Waals surface area contributed by atoms with Gasteiger partial charge in [-0.25, -0.2) is 0 Å². The molecular formula is C8H18N2. The summed E-state index contributed by atoms with van der Waals surface area (Å²) in [5, 5.41) is 0. The molecule has 1 aliphatic rings. The van der Waals surface area contributed by atoms with E-state index in [1.165, 1.54) is 38.9 Å². The van der Waals surface area contributed by atoms with Crippen molar-refractivity contribution in [1.29, 1.82) is 0 Å². The lowest BCUT2D eigenvalue weighted by molar-refractivity contribution is 0.299. The SMILES string of the molecule is CCN1CCC[C@H](N)CC1. The van der Waals surface area contributed by atoms with E-state index >= 15 is 0 Å². The van der Waals surface area contributed by atoms with Crippen LogP contribution in [0.1, 0.15) is 26.2 Å². The molecule has 0 bridgehead atoms. The molecule has 0 unspecified atom stereocenters. The van der Waals surface area contributed by atoms with E-state index in [9.17, 15) is 0 Å². The van der Waals surface area contributed by atoms with Crippen LogP contribution < -0.4 is 5.73 Å². The van der Waals surface area contributed by atoms with Crippen LogP contribution >= 0.6 is 0 Å². The Bertz CT molecular complexity index is 93.3. The van der Waals surface area contributed by atoms with Gasteiger partial charge in [-0.1, -0.05) is 6.92 Å². The zero-order valence-electron chi connectivity index (χ0n) is 6.84. The first kappa shape index (κ1) is 8.02. The quantitative estimate of drug-likeness (QED) is 0.587. The van der Waals surface area contributed by atoms with Crippen molar-refractivity contribution in [3.8, 4) is 0 Å². The first-order chi connectivity index (χ1) is 4.83. The van der Waals surface area contributed by atoms with Crippen molar-refractivity contribution in [2.75, 3.05) is 19.6 Å². The number of nitrogens with zero attached hydrogens (tertiary/aromatic N) is 1. The van der Waals surface area contributed by atoms with E-state index in [4.69, 9.17) is 5.73 Å². The summed E-state index contributed by atoms with van der Waals surface area (Å²) in [6, 6.07) is 0.469. The van der Waals surface area contributed by atoms with Gasteiger partial charge in [0.1, 0.15) is 0 Å². The van der Waals surface area contributed by atoms with Gasteiger partial charge in [-0.2, -0.15) is 0 Å². The van der Waals surface area contributed by atoms with Crippen LogP contribution in [0.5, 0.6) is 0 Å². The topological polar surface area (TPSA) is 29.3 Å². The summed E-state index contributed by atoms with van der Waals surface area (Å²) < 4.78 is 0. The van der Waals surface area contributed by atoms with Gasteiger partial charge in [0.25, 0.3) is 0 Å². The first-order valence-electron chi connectivity index (χ1n) is 4.31. The van der Waals surface area contributed by atoms with Crippen molar-refractivity contribution in [3.63, 3.8) is 0 Å². The Hall–Kier alpha value is -0.0800. The fourth-order valence-electron chi connectivity index (χ4n) is 1.50. The summed E-state index contributed by atoms with van der Waals surface area (Å²) in [5.41, 5.74) is 5.82.